The largest absolute Gasteiger partial charge is 0.462 e. The van der Waals surface area contributed by atoms with Gasteiger partial charge in [0.05, 0.1) is 40.5 Å². The zero-order valence-corrected chi connectivity index (χ0v) is 20.1. The van der Waals surface area contributed by atoms with Crippen molar-refractivity contribution in [3.8, 4) is 17.0 Å². The van der Waals surface area contributed by atoms with Crippen LogP contribution in [0.15, 0.2) is 48.8 Å². The van der Waals surface area contributed by atoms with E-state index in [1.807, 2.05) is 37.5 Å². The highest BCUT2D eigenvalue weighted by atomic mass is 19.1. The number of fused-ring (bicyclic) bond motifs is 6. The minimum absolute atomic E-state index is 0.0548. The second-order valence-electron chi connectivity index (χ2n) is 9.30. The third-order valence-electron chi connectivity index (χ3n) is 7.08. The van der Waals surface area contributed by atoms with Crippen LogP contribution in [0.25, 0.3) is 33.1 Å². The molecule has 7 rings (SSSR count). The molecule has 2 aliphatic heterocycles. The molecule has 1 fully saturated rings. The van der Waals surface area contributed by atoms with E-state index in [9.17, 15) is 4.79 Å². The van der Waals surface area contributed by atoms with Crippen molar-refractivity contribution in [1.82, 2.24) is 29.4 Å². The van der Waals surface area contributed by atoms with Gasteiger partial charge in [0.1, 0.15) is 23.4 Å². The Morgan fingerprint density at radius 1 is 1.16 bits per heavy atom. The molecule has 1 saturated heterocycles. The summed E-state index contributed by atoms with van der Waals surface area (Å²) in [6.45, 7) is 0.566. The number of ether oxygens (including phenoxy) is 2. The van der Waals surface area contributed by atoms with Crippen molar-refractivity contribution in [3.63, 3.8) is 0 Å². The number of rotatable bonds is 2. The number of benzene rings is 2. The summed E-state index contributed by atoms with van der Waals surface area (Å²) >= 11 is 0. The number of hydrogen-bond donors (Lipinski definition) is 1. The number of hydrogen-bond acceptors (Lipinski definition) is 7. The molecule has 0 spiro atoms. The van der Waals surface area contributed by atoms with Crippen LogP contribution < -0.4 is 10.5 Å². The van der Waals surface area contributed by atoms with Gasteiger partial charge in [-0.15, -0.1) is 0 Å². The molecular formula is C26H22FN7O3. The van der Waals surface area contributed by atoms with Crippen LogP contribution in [0, 0.1) is 5.82 Å². The van der Waals surface area contributed by atoms with Crippen molar-refractivity contribution < 1.29 is 18.7 Å². The molecule has 186 valence electrons. The summed E-state index contributed by atoms with van der Waals surface area (Å²) in [5.74, 6) is -0.239. The van der Waals surface area contributed by atoms with E-state index in [4.69, 9.17) is 15.2 Å². The number of morpholine rings is 1. The minimum atomic E-state index is -0.680. The Balaban J connectivity index is 1.30. The number of carbonyl (C=O) groups is 1. The van der Waals surface area contributed by atoms with Crippen molar-refractivity contribution in [1.29, 1.82) is 0 Å². The Labute approximate surface area is 210 Å². The van der Waals surface area contributed by atoms with Gasteiger partial charge in [-0.05, 0) is 18.2 Å². The van der Waals surface area contributed by atoms with E-state index in [2.05, 4.69) is 15.2 Å². The van der Waals surface area contributed by atoms with Gasteiger partial charge >= 0.3 is 0 Å². The molecule has 5 heterocycles. The second-order valence-corrected chi connectivity index (χ2v) is 9.30. The molecule has 0 bridgehead atoms. The van der Waals surface area contributed by atoms with Gasteiger partial charge in [-0.25, -0.2) is 9.37 Å². The number of pyridine rings is 1. The molecule has 2 atom stereocenters. The first-order valence-corrected chi connectivity index (χ1v) is 11.8. The molecule has 37 heavy (non-hydrogen) atoms. The van der Waals surface area contributed by atoms with Crippen LogP contribution in [0.4, 0.5) is 10.2 Å². The molecule has 11 heteroatoms. The van der Waals surface area contributed by atoms with Crippen molar-refractivity contribution in [2.75, 3.05) is 18.9 Å². The number of anilines is 1. The molecule has 2 N–H and O–H groups in total. The van der Waals surface area contributed by atoms with E-state index < -0.39 is 24.1 Å². The lowest BCUT2D eigenvalue weighted by Crippen LogP contribution is -2.47. The standard InChI is InChI=1S/C26H22FN7O3/c1-32-6-5-19(31-32)13-3-4-14-21(9-13)37-26-23(14)34(7-8-36-26)25(35)15-10-16-20(11-18(15)27)30-24(28)17-12-29-33(2)22(16)17/h3-6,9-12,23,26H,7-8H2,1-2H3,(H2,28,30)/t23-,26+/m0/s1. The molecule has 3 aromatic heterocycles. The van der Waals surface area contributed by atoms with Gasteiger partial charge in [-0.1, -0.05) is 12.1 Å². The van der Waals surface area contributed by atoms with Gasteiger partial charge in [0.15, 0.2) is 0 Å². The fourth-order valence-corrected chi connectivity index (χ4v) is 5.32. The number of nitrogens with zero attached hydrogens (tertiary/aromatic N) is 6. The van der Waals surface area contributed by atoms with Crippen LogP contribution in [0.1, 0.15) is 22.0 Å². The lowest BCUT2D eigenvalue weighted by molar-refractivity contribution is -0.140. The normalized spacial score (nSPS) is 18.7. The molecule has 0 unspecified atom stereocenters. The Hall–Kier alpha value is -4.51. The SMILES string of the molecule is Cn1ccc(-c2ccc3c(c2)O[C@H]2OCCN(C(=O)c4cc5c(cc4F)nc(N)c4cnn(C)c45)[C@@H]32)n1. The summed E-state index contributed by atoms with van der Waals surface area (Å²) in [6, 6.07) is 9.95. The van der Waals surface area contributed by atoms with Crippen molar-refractivity contribution in [2.45, 2.75) is 12.3 Å². The van der Waals surface area contributed by atoms with E-state index in [0.717, 1.165) is 16.8 Å². The zero-order chi connectivity index (χ0) is 25.4. The fourth-order valence-electron chi connectivity index (χ4n) is 5.32. The Kier molecular flexibility index (Phi) is 4.55. The first kappa shape index (κ1) is 21.7. The van der Waals surface area contributed by atoms with Gasteiger partial charge < -0.3 is 20.1 Å². The highest BCUT2D eigenvalue weighted by Gasteiger charge is 2.45. The minimum Gasteiger partial charge on any atom is -0.462 e. The maximum Gasteiger partial charge on any atom is 0.257 e. The number of carbonyl (C=O) groups excluding carboxylic acids is 1. The lowest BCUT2D eigenvalue weighted by Gasteiger charge is -2.36. The average molecular weight is 500 g/mol. The van der Waals surface area contributed by atoms with E-state index in [1.165, 1.54) is 12.1 Å². The average Bonchev–Trinajstić information content (AvgIpc) is 3.59. The molecule has 2 aliphatic rings. The molecule has 1 amide bonds. The summed E-state index contributed by atoms with van der Waals surface area (Å²) in [7, 11) is 3.63. The number of aryl methyl sites for hydroxylation is 2. The predicted octanol–water partition coefficient (Wildman–Crippen LogP) is 3.18. The monoisotopic (exact) mass is 499 g/mol. The maximum absolute atomic E-state index is 15.3. The van der Waals surface area contributed by atoms with E-state index in [1.54, 1.807) is 27.5 Å². The number of nitrogen functional groups attached to an aromatic ring is 1. The van der Waals surface area contributed by atoms with Crippen LogP contribution >= 0.6 is 0 Å². The first-order chi connectivity index (χ1) is 17.9. The van der Waals surface area contributed by atoms with E-state index in [0.29, 0.717) is 34.1 Å². The zero-order valence-electron chi connectivity index (χ0n) is 20.1. The Morgan fingerprint density at radius 3 is 2.84 bits per heavy atom. The van der Waals surface area contributed by atoms with Crippen LogP contribution in [0.3, 0.4) is 0 Å². The highest BCUT2D eigenvalue weighted by molar-refractivity contribution is 6.10. The van der Waals surface area contributed by atoms with E-state index >= 15 is 4.39 Å². The number of halogens is 1. The van der Waals surface area contributed by atoms with E-state index in [-0.39, 0.29) is 18.0 Å². The summed E-state index contributed by atoms with van der Waals surface area (Å²) in [6.07, 6.45) is 2.80. The lowest BCUT2D eigenvalue weighted by atomic mass is 10.00. The third-order valence-corrected chi connectivity index (χ3v) is 7.08. The summed E-state index contributed by atoms with van der Waals surface area (Å²) in [5.41, 5.74) is 9.56. The van der Waals surface area contributed by atoms with Crippen molar-refractivity contribution >= 4 is 33.5 Å². The van der Waals surface area contributed by atoms with Gasteiger partial charge in [-0.3, -0.25) is 14.2 Å². The molecule has 0 radical (unpaired) electrons. The number of nitrogens with two attached hydrogens (primary N) is 1. The molecule has 0 aliphatic carbocycles. The molecule has 10 nitrogen and oxygen atoms in total. The van der Waals surface area contributed by atoms with Gasteiger partial charge in [0, 0.05) is 49.4 Å². The van der Waals surface area contributed by atoms with Crippen molar-refractivity contribution in [2.24, 2.45) is 14.1 Å². The highest BCUT2D eigenvalue weighted by Crippen LogP contribution is 2.45. The molecule has 2 aromatic carbocycles. The smallest absolute Gasteiger partial charge is 0.257 e. The van der Waals surface area contributed by atoms with Crippen LogP contribution in [-0.2, 0) is 18.8 Å². The van der Waals surface area contributed by atoms with Gasteiger partial charge in [0.25, 0.3) is 5.91 Å². The Bertz CT molecular complexity index is 1740. The fraction of sp³-hybridized carbons (Fsp3) is 0.231. The topological polar surface area (TPSA) is 113 Å². The van der Waals surface area contributed by atoms with Crippen LogP contribution in [0.5, 0.6) is 5.75 Å². The number of amides is 1. The molecule has 0 saturated carbocycles. The van der Waals surface area contributed by atoms with Crippen LogP contribution in [0.2, 0.25) is 0 Å². The second kappa shape index (κ2) is 7.74. The number of aromatic nitrogens is 5. The summed E-state index contributed by atoms with van der Waals surface area (Å²) in [5, 5.41) is 9.95. The molecular weight excluding hydrogens is 477 g/mol. The quantitative estimate of drug-likeness (QED) is 0.397. The predicted molar refractivity (Wildman–Crippen MR) is 133 cm³/mol. The van der Waals surface area contributed by atoms with Crippen LogP contribution in [-0.4, -0.2) is 54.8 Å². The third kappa shape index (κ3) is 3.20. The van der Waals surface area contributed by atoms with Gasteiger partial charge in [0.2, 0.25) is 6.29 Å². The summed E-state index contributed by atoms with van der Waals surface area (Å²) < 4.78 is 30.7. The van der Waals surface area contributed by atoms with Gasteiger partial charge in [-0.2, -0.15) is 10.2 Å². The summed E-state index contributed by atoms with van der Waals surface area (Å²) in [4.78, 5) is 19.8. The first-order valence-electron chi connectivity index (χ1n) is 11.8. The maximum atomic E-state index is 15.3. The molecule has 5 aromatic rings. The Morgan fingerprint density at radius 2 is 2.03 bits per heavy atom. The van der Waals surface area contributed by atoms with Crippen molar-refractivity contribution in [3.05, 3.63) is 65.7 Å².